The maximum atomic E-state index is 12.0. The summed E-state index contributed by atoms with van der Waals surface area (Å²) in [6, 6.07) is 0. The van der Waals surface area contributed by atoms with E-state index in [1.165, 1.54) is 0 Å². The Hall–Kier alpha value is -0.780. The van der Waals surface area contributed by atoms with Crippen molar-refractivity contribution in [3.8, 4) is 0 Å². The van der Waals surface area contributed by atoms with Crippen molar-refractivity contribution in [1.82, 2.24) is 9.80 Å². The van der Waals surface area contributed by atoms with Crippen molar-refractivity contribution in [2.75, 3.05) is 31.5 Å². The summed E-state index contributed by atoms with van der Waals surface area (Å²) < 4.78 is 5.33. The van der Waals surface area contributed by atoms with Crippen LogP contribution in [0.1, 0.15) is 40.0 Å². The second-order valence-corrected chi connectivity index (χ2v) is 6.79. The third-order valence-corrected chi connectivity index (χ3v) is 3.62. The molecule has 1 saturated heterocycles. The van der Waals surface area contributed by atoms with Gasteiger partial charge in [0.05, 0.1) is 0 Å². The zero-order valence-corrected chi connectivity index (χ0v) is 14.2. The molecule has 0 radical (unpaired) electrons. The number of amides is 2. The maximum Gasteiger partial charge on any atom is 0.410 e. The van der Waals surface area contributed by atoms with Crippen LogP contribution in [-0.2, 0) is 9.53 Å². The van der Waals surface area contributed by atoms with Gasteiger partial charge in [-0.3, -0.25) is 4.79 Å². The monoisotopic (exact) mass is 348 g/mol. The van der Waals surface area contributed by atoms with Crippen LogP contribution in [0.2, 0.25) is 0 Å². The van der Waals surface area contributed by atoms with E-state index in [1.54, 1.807) is 4.90 Å². The SMILES string of the molecule is CC(C)(C)OC(=O)N1CCN(C(=O)CCCCBr)CC1. The molecular formula is C14H25BrN2O3. The Balaban J connectivity index is 2.32. The number of piperazine rings is 1. The molecule has 0 spiro atoms. The van der Waals surface area contributed by atoms with Crippen molar-refractivity contribution >= 4 is 27.9 Å². The number of ether oxygens (including phenoxy) is 1. The molecule has 1 aliphatic rings. The summed E-state index contributed by atoms with van der Waals surface area (Å²) in [6.45, 7) is 7.88. The highest BCUT2D eigenvalue weighted by molar-refractivity contribution is 9.09. The smallest absolute Gasteiger partial charge is 0.410 e. The highest BCUT2D eigenvalue weighted by atomic mass is 79.9. The van der Waals surface area contributed by atoms with E-state index in [0.717, 1.165) is 18.2 Å². The standard InChI is InChI=1S/C14H25BrN2O3/c1-14(2,3)20-13(19)17-10-8-16(9-11-17)12(18)6-4-5-7-15/h4-11H2,1-3H3. The van der Waals surface area contributed by atoms with Crippen LogP contribution in [0.15, 0.2) is 0 Å². The largest absolute Gasteiger partial charge is 0.444 e. The molecule has 6 heteroatoms. The first-order chi connectivity index (χ1) is 9.33. The lowest BCUT2D eigenvalue weighted by molar-refractivity contribution is -0.133. The van der Waals surface area contributed by atoms with Gasteiger partial charge in [0.2, 0.25) is 5.91 Å². The first-order valence-electron chi connectivity index (χ1n) is 7.15. The number of halogens is 1. The van der Waals surface area contributed by atoms with E-state index >= 15 is 0 Å². The molecule has 0 aromatic heterocycles. The molecule has 0 aromatic carbocycles. The molecule has 0 atom stereocenters. The molecule has 1 rings (SSSR count). The Kier molecular flexibility index (Phi) is 6.79. The predicted molar refractivity (Wildman–Crippen MR) is 82.0 cm³/mol. The van der Waals surface area contributed by atoms with Gasteiger partial charge in [0.25, 0.3) is 0 Å². The number of unbranched alkanes of at least 4 members (excludes halogenated alkanes) is 1. The van der Waals surface area contributed by atoms with Gasteiger partial charge in [0.1, 0.15) is 5.60 Å². The minimum atomic E-state index is -0.473. The number of carbonyl (C=O) groups excluding carboxylic acids is 2. The first-order valence-corrected chi connectivity index (χ1v) is 8.27. The number of alkyl halides is 1. The number of hydrogen-bond acceptors (Lipinski definition) is 3. The minimum absolute atomic E-state index is 0.190. The van der Waals surface area contributed by atoms with Crippen LogP contribution < -0.4 is 0 Å². The van der Waals surface area contributed by atoms with Crippen LogP contribution >= 0.6 is 15.9 Å². The molecule has 1 fully saturated rings. The fourth-order valence-corrected chi connectivity index (χ4v) is 2.39. The van der Waals surface area contributed by atoms with Gasteiger partial charge in [0.15, 0.2) is 0 Å². The minimum Gasteiger partial charge on any atom is -0.444 e. The Morgan fingerprint density at radius 1 is 1.05 bits per heavy atom. The lowest BCUT2D eigenvalue weighted by Gasteiger charge is -2.35. The predicted octanol–water partition coefficient (Wildman–Crippen LogP) is 2.63. The molecular weight excluding hydrogens is 324 g/mol. The fraction of sp³-hybridized carbons (Fsp3) is 0.857. The first kappa shape index (κ1) is 17.3. The summed E-state index contributed by atoms with van der Waals surface area (Å²) in [7, 11) is 0. The van der Waals surface area contributed by atoms with E-state index < -0.39 is 5.60 Å². The van der Waals surface area contributed by atoms with Crippen LogP contribution in [0.3, 0.4) is 0 Å². The molecule has 0 aromatic rings. The Labute approximate surface area is 129 Å². The zero-order valence-electron chi connectivity index (χ0n) is 12.7. The third kappa shape index (κ3) is 6.11. The van der Waals surface area contributed by atoms with Crippen molar-refractivity contribution in [2.45, 2.75) is 45.6 Å². The normalized spacial score (nSPS) is 16.2. The summed E-state index contributed by atoms with van der Waals surface area (Å²) in [5.74, 6) is 0.190. The van der Waals surface area contributed by atoms with Crippen molar-refractivity contribution in [3.63, 3.8) is 0 Å². The average molecular weight is 349 g/mol. The van der Waals surface area contributed by atoms with Crippen molar-refractivity contribution in [2.24, 2.45) is 0 Å². The zero-order chi connectivity index (χ0) is 15.2. The molecule has 1 heterocycles. The van der Waals surface area contributed by atoms with Gasteiger partial charge in [-0.05, 0) is 33.6 Å². The Morgan fingerprint density at radius 2 is 1.60 bits per heavy atom. The van der Waals surface area contributed by atoms with Gasteiger partial charge in [-0.15, -0.1) is 0 Å². The number of nitrogens with zero attached hydrogens (tertiary/aromatic N) is 2. The van der Waals surface area contributed by atoms with Crippen LogP contribution in [0.25, 0.3) is 0 Å². The lowest BCUT2D eigenvalue weighted by Crippen LogP contribution is -2.51. The molecule has 5 nitrogen and oxygen atoms in total. The third-order valence-electron chi connectivity index (χ3n) is 3.06. The number of rotatable bonds is 4. The van der Waals surface area contributed by atoms with Crippen LogP contribution in [0.5, 0.6) is 0 Å². The molecule has 0 unspecified atom stereocenters. The molecule has 116 valence electrons. The fourth-order valence-electron chi connectivity index (χ4n) is 1.99. The highest BCUT2D eigenvalue weighted by Crippen LogP contribution is 2.12. The Morgan fingerprint density at radius 3 is 2.10 bits per heavy atom. The molecule has 0 N–H and O–H groups in total. The van der Waals surface area contributed by atoms with Gasteiger partial charge >= 0.3 is 6.09 Å². The number of hydrogen-bond donors (Lipinski definition) is 0. The summed E-state index contributed by atoms with van der Waals surface area (Å²) in [4.78, 5) is 27.4. The van der Waals surface area contributed by atoms with Gasteiger partial charge in [-0.25, -0.2) is 4.79 Å². The van der Waals surface area contributed by atoms with Crippen LogP contribution in [0, 0.1) is 0 Å². The summed E-state index contributed by atoms with van der Waals surface area (Å²) in [5, 5.41) is 0.937. The second-order valence-electron chi connectivity index (χ2n) is 5.99. The summed E-state index contributed by atoms with van der Waals surface area (Å²) >= 11 is 3.36. The number of carbonyl (C=O) groups is 2. The van der Waals surface area contributed by atoms with Crippen molar-refractivity contribution in [1.29, 1.82) is 0 Å². The van der Waals surface area contributed by atoms with Gasteiger partial charge in [-0.2, -0.15) is 0 Å². The van der Waals surface area contributed by atoms with E-state index in [4.69, 9.17) is 4.74 Å². The molecule has 2 amide bonds. The van der Waals surface area contributed by atoms with Crippen molar-refractivity contribution < 1.29 is 14.3 Å². The van der Waals surface area contributed by atoms with E-state index in [2.05, 4.69) is 15.9 Å². The second kappa shape index (κ2) is 7.86. The molecule has 0 aliphatic carbocycles. The Bertz CT molecular complexity index is 334. The summed E-state index contributed by atoms with van der Waals surface area (Å²) in [6.07, 6.45) is 2.24. The van der Waals surface area contributed by atoms with E-state index in [-0.39, 0.29) is 12.0 Å². The summed E-state index contributed by atoms with van der Waals surface area (Å²) in [5.41, 5.74) is -0.473. The van der Waals surface area contributed by atoms with E-state index in [0.29, 0.717) is 32.6 Å². The van der Waals surface area contributed by atoms with E-state index in [9.17, 15) is 9.59 Å². The maximum absolute atomic E-state index is 12.0. The molecule has 0 saturated carbocycles. The topological polar surface area (TPSA) is 49.9 Å². The van der Waals surface area contributed by atoms with Crippen LogP contribution in [-0.4, -0.2) is 58.9 Å². The highest BCUT2D eigenvalue weighted by Gasteiger charge is 2.27. The molecule has 20 heavy (non-hydrogen) atoms. The van der Waals surface area contributed by atoms with E-state index in [1.807, 2.05) is 25.7 Å². The van der Waals surface area contributed by atoms with Crippen LogP contribution in [0.4, 0.5) is 4.79 Å². The van der Waals surface area contributed by atoms with Gasteiger partial charge in [0, 0.05) is 37.9 Å². The average Bonchev–Trinajstić information content (AvgIpc) is 2.37. The molecule has 1 aliphatic heterocycles. The van der Waals surface area contributed by atoms with Gasteiger partial charge < -0.3 is 14.5 Å². The lowest BCUT2D eigenvalue weighted by atomic mass is 10.2. The van der Waals surface area contributed by atoms with Crippen molar-refractivity contribution in [3.05, 3.63) is 0 Å². The van der Waals surface area contributed by atoms with Gasteiger partial charge in [-0.1, -0.05) is 15.9 Å². The molecule has 0 bridgehead atoms. The quantitative estimate of drug-likeness (QED) is 0.579.